The molecule has 3 aromatic carbocycles. The third-order valence-corrected chi connectivity index (χ3v) is 11.5. The van der Waals surface area contributed by atoms with Crippen LogP contribution in [-0.4, -0.2) is 90.2 Å². The Morgan fingerprint density at radius 1 is 0.585 bits per heavy atom. The Kier molecular flexibility index (Phi) is 14.8. The normalized spacial score (nSPS) is 26.7. The molecule has 2 heterocycles. The van der Waals surface area contributed by atoms with Gasteiger partial charge in [0.25, 0.3) is 0 Å². The third kappa shape index (κ3) is 11.9. The van der Waals surface area contributed by atoms with Crippen molar-refractivity contribution >= 4 is 34.8 Å². The zero-order valence-electron chi connectivity index (χ0n) is 30.3. The summed E-state index contributed by atoms with van der Waals surface area (Å²) >= 11 is 0. The lowest BCUT2D eigenvalue weighted by Crippen LogP contribution is -2.63. The summed E-state index contributed by atoms with van der Waals surface area (Å²) in [5.74, 6) is -2.03. The van der Waals surface area contributed by atoms with Gasteiger partial charge in [0.1, 0.15) is 29.8 Å². The molecule has 284 valence electrons. The van der Waals surface area contributed by atoms with Crippen molar-refractivity contribution in [3.05, 3.63) is 108 Å². The lowest BCUT2D eigenvalue weighted by atomic mass is 9.98. The molecule has 0 saturated carbocycles. The average molecular weight is 752 g/mol. The lowest BCUT2D eigenvalue weighted by Gasteiger charge is -2.43. The van der Waals surface area contributed by atoms with Gasteiger partial charge in [-0.15, -0.1) is 0 Å². The lowest BCUT2D eigenvalue weighted by molar-refractivity contribution is -0.292. The van der Waals surface area contributed by atoms with Crippen molar-refractivity contribution in [1.29, 1.82) is 0 Å². The van der Waals surface area contributed by atoms with Crippen molar-refractivity contribution in [3.8, 4) is 0 Å². The largest absolute Gasteiger partial charge is 0.455 e. The van der Waals surface area contributed by atoms with Crippen LogP contribution in [0.15, 0.2) is 91.0 Å². The van der Waals surface area contributed by atoms with E-state index < -0.39 is 71.6 Å². The Bertz CT molecular complexity index is 1620. The van der Waals surface area contributed by atoms with Gasteiger partial charge in [-0.2, -0.15) is 0 Å². The van der Waals surface area contributed by atoms with E-state index in [0.29, 0.717) is 32.2 Å². The van der Waals surface area contributed by atoms with Gasteiger partial charge in [-0.1, -0.05) is 91.0 Å². The molecular formula is C40H47O12S+. The van der Waals surface area contributed by atoms with E-state index in [9.17, 15) is 19.2 Å². The van der Waals surface area contributed by atoms with Crippen LogP contribution in [0.1, 0.15) is 44.4 Å². The Morgan fingerprint density at radius 2 is 1.06 bits per heavy atom. The third-order valence-electron chi connectivity index (χ3n) is 8.68. The Morgan fingerprint density at radius 3 is 1.58 bits per heavy atom. The molecule has 53 heavy (non-hydrogen) atoms. The van der Waals surface area contributed by atoms with Crippen LogP contribution in [0.4, 0.5) is 0 Å². The van der Waals surface area contributed by atoms with Gasteiger partial charge >= 0.3 is 23.9 Å². The fourth-order valence-corrected chi connectivity index (χ4v) is 9.42. The summed E-state index contributed by atoms with van der Waals surface area (Å²) in [5, 5.41) is -0.213. The van der Waals surface area contributed by atoms with Crippen LogP contribution in [0, 0.1) is 0 Å². The number of benzene rings is 3. The van der Waals surface area contributed by atoms with Gasteiger partial charge in [0.15, 0.2) is 17.5 Å². The van der Waals surface area contributed by atoms with Crippen LogP contribution in [-0.2, 0) is 87.8 Å². The van der Waals surface area contributed by atoms with Gasteiger partial charge in [0.2, 0.25) is 12.4 Å². The maximum Gasteiger partial charge on any atom is 0.305 e. The number of carbonyl (C=O) groups excluding carboxylic acids is 4. The fourth-order valence-electron chi connectivity index (χ4n) is 6.47. The minimum atomic E-state index is -1.45. The van der Waals surface area contributed by atoms with E-state index in [1.165, 1.54) is 20.8 Å². The highest BCUT2D eigenvalue weighted by atomic mass is 32.2. The number of esters is 4. The Balaban J connectivity index is 1.48. The second-order valence-corrected chi connectivity index (χ2v) is 15.2. The van der Waals surface area contributed by atoms with Crippen molar-refractivity contribution in [2.24, 2.45) is 0 Å². The summed E-state index contributed by atoms with van der Waals surface area (Å²) in [6.07, 6.45) is -7.12. The number of rotatable bonds is 16. The number of hydrogen-bond donors (Lipinski definition) is 0. The van der Waals surface area contributed by atoms with E-state index in [0.717, 1.165) is 23.6 Å². The molecule has 13 heteroatoms. The van der Waals surface area contributed by atoms with E-state index in [-0.39, 0.29) is 17.1 Å². The van der Waals surface area contributed by atoms with Gasteiger partial charge in [0, 0.05) is 38.6 Å². The number of carbonyl (C=O) groups is 4. The van der Waals surface area contributed by atoms with E-state index in [1.807, 2.05) is 91.0 Å². The molecule has 2 saturated heterocycles. The SMILES string of the molecule is CC(=O)OC1O[C@H](C[S+]2C[C@@H](OCc3ccccc3)[C@H](OCc3ccccc3)[C@H]2COCc2ccccc2)[C@@H](OC(C)=O)[C@H](OC(C)=O)[C@@H]1OC(C)=O. The smallest absolute Gasteiger partial charge is 0.305 e. The molecule has 0 spiro atoms. The first-order chi connectivity index (χ1) is 25.6. The van der Waals surface area contributed by atoms with Crippen molar-refractivity contribution < 1.29 is 57.1 Å². The molecule has 0 bridgehead atoms. The molecule has 2 unspecified atom stereocenters. The molecule has 5 rings (SSSR count). The first kappa shape index (κ1) is 39.9. The van der Waals surface area contributed by atoms with E-state index in [2.05, 4.69) is 0 Å². The van der Waals surface area contributed by atoms with Gasteiger partial charge in [-0.3, -0.25) is 19.2 Å². The highest BCUT2D eigenvalue weighted by Gasteiger charge is 2.59. The maximum atomic E-state index is 12.5. The molecule has 0 N–H and O–H groups in total. The molecule has 9 atom stereocenters. The second-order valence-electron chi connectivity index (χ2n) is 12.9. The minimum absolute atomic E-state index is 0.213. The molecule has 0 radical (unpaired) electrons. The van der Waals surface area contributed by atoms with E-state index in [4.69, 9.17) is 37.9 Å². The highest BCUT2D eigenvalue weighted by Crippen LogP contribution is 2.36. The van der Waals surface area contributed by atoms with Crippen molar-refractivity contribution in [3.63, 3.8) is 0 Å². The van der Waals surface area contributed by atoms with Gasteiger partial charge < -0.3 is 37.9 Å². The molecule has 2 aliphatic rings. The van der Waals surface area contributed by atoms with Crippen molar-refractivity contribution in [1.82, 2.24) is 0 Å². The van der Waals surface area contributed by atoms with E-state index in [1.54, 1.807) is 0 Å². The predicted molar refractivity (Wildman–Crippen MR) is 194 cm³/mol. The highest BCUT2D eigenvalue weighted by molar-refractivity contribution is 7.97. The van der Waals surface area contributed by atoms with Crippen LogP contribution in [0.5, 0.6) is 0 Å². The zero-order chi connectivity index (χ0) is 37.7. The summed E-state index contributed by atoms with van der Waals surface area (Å²) in [5.41, 5.74) is 3.02. The minimum Gasteiger partial charge on any atom is -0.455 e. The fraction of sp³-hybridized carbons (Fsp3) is 0.450. The van der Waals surface area contributed by atoms with Gasteiger partial charge in [-0.25, -0.2) is 0 Å². The van der Waals surface area contributed by atoms with Gasteiger partial charge in [0.05, 0.1) is 26.4 Å². The molecule has 0 aliphatic carbocycles. The maximum absolute atomic E-state index is 12.5. The monoisotopic (exact) mass is 751 g/mol. The van der Waals surface area contributed by atoms with Crippen LogP contribution in [0.3, 0.4) is 0 Å². The van der Waals surface area contributed by atoms with E-state index >= 15 is 0 Å². The molecule has 0 aromatic heterocycles. The molecule has 12 nitrogen and oxygen atoms in total. The summed E-state index contributed by atoms with van der Waals surface area (Å²) < 4.78 is 48.4. The standard InChI is InChI=1S/C40H47O12S/c1-26(41)48-37-34(52-40(51-29(4)44)39(50-28(3)43)38(37)49-27(2)42)25-53-24-33(46-21-31-16-10-6-11-17-31)36(47-22-32-18-12-7-13-19-32)35(53)23-45-20-30-14-8-5-9-15-30/h5-19,33-40H,20-25H2,1-4H3/q+1/t33-,34-,35-,36+,37-,38+,39+,40?,53?/m1/s1. The zero-order valence-corrected chi connectivity index (χ0v) is 31.1. The predicted octanol–water partition coefficient (Wildman–Crippen LogP) is 4.46. The quantitative estimate of drug-likeness (QED) is 0.116. The first-order valence-electron chi connectivity index (χ1n) is 17.5. The molecular weight excluding hydrogens is 704 g/mol. The Labute approximate surface area is 312 Å². The summed E-state index contributed by atoms with van der Waals surface area (Å²) in [4.78, 5) is 49.4. The number of ether oxygens (including phenoxy) is 8. The number of hydrogen-bond acceptors (Lipinski definition) is 12. The Hall–Kier alpha value is -4.27. The first-order valence-corrected chi connectivity index (χ1v) is 19.1. The molecule has 2 aliphatic heterocycles. The van der Waals surface area contributed by atoms with Crippen LogP contribution in [0.2, 0.25) is 0 Å². The molecule has 2 fully saturated rings. The molecule has 0 amide bonds. The van der Waals surface area contributed by atoms with Gasteiger partial charge in [-0.05, 0) is 16.7 Å². The van der Waals surface area contributed by atoms with Crippen LogP contribution in [0.25, 0.3) is 0 Å². The topological polar surface area (TPSA) is 142 Å². The van der Waals surface area contributed by atoms with Crippen LogP contribution >= 0.6 is 0 Å². The second kappa shape index (κ2) is 19.7. The van der Waals surface area contributed by atoms with Crippen molar-refractivity contribution in [2.75, 3.05) is 18.1 Å². The molecule has 3 aromatic rings. The van der Waals surface area contributed by atoms with Crippen molar-refractivity contribution in [2.45, 2.75) is 95.7 Å². The summed E-state index contributed by atoms with van der Waals surface area (Å²) in [6, 6.07) is 29.6. The average Bonchev–Trinajstić information content (AvgIpc) is 3.45. The van der Waals surface area contributed by atoms with Crippen LogP contribution < -0.4 is 0 Å². The summed E-state index contributed by atoms with van der Waals surface area (Å²) in [7, 11) is -0.589. The summed E-state index contributed by atoms with van der Waals surface area (Å²) in [6.45, 7) is 6.13.